The van der Waals surface area contributed by atoms with Crippen molar-refractivity contribution in [3.05, 3.63) is 29.8 Å². The number of urea groups is 1. The van der Waals surface area contributed by atoms with Gasteiger partial charge >= 0.3 is 6.03 Å². The number of anilines is 2. The summed E-state index contributed by atoms with van der Waals surface area (Å²) in [4.78, 5) is 16.6. The number of carbonyl (C=O) groups is 1. The summed E-state index contributed by atoms with van der Waals surface area (Å²) in [7, 11) is 3.28. The van der Waals surface area contributed by atoms with Gasteiger partial charge in [-0.2, -0.15) is 5.10 Å². The molecule has 0 fully saturated rings. The second kappa shape index (κ2) is 6.23. The Labute approximate surface area is 138 Å². The summed E-state index contributed by atoms with van der Waals surface area (Å²) in [6.07, 6.45) is 0.720. The van der Waals surface area contributed by atoms with Gasteiger partial charge in [0.1, 0.15) is 11.2 Å². The highest BCUT2D eigenvalue weighted by Gasteiger charge is 2.16. The number of rotatable bonds is 4. The van der Waals surface area contributed by atoms with E-state index in [-0.39, 0.29) is 6.03 Å². The first-order valence-corrected chi connectivity index (χ1v) is 7.57. The largest absolute Gasteiger partial charge is 0.480 e. The van der Waals surface area contributed by atoms with E-state index in [4.69, 9.17) is 9.15 Å². The summed E-state index contributed by atoms with van der Waals surface area (Å²) >= 11 is 0. The monoisotopic (exact) mass is 329 g/mol. The molecule has 3 aromatic rings. The van der Waals surface area contributed by atoms with Crippen molar-refractivity contribution in [1.29, 1.82) is 0 Å². The predicted molar refractivity (Wildman–Crippen MR) is 90.5 cm³/mol. The number of oxazole rings is 1. The third-order valence-electron chi connectivity index (χ3n) is 3.59. The minimum Gasteiger partial charge on any atom is -0.480 e. The third kappa shape index (κ3) is 2.90. The molecule has 1 aromatic carbocycles. The first-order chi connectivity index (χ1) is 11.5. The number of benzene rings is 1. The second-order valence-electron chi connectivity index (χ2n) is 5.32. The van der Waals surface area contributed by atoms with Gasteiger partial charge < -0.3 is 19.8 Å². The summed E-state index contributed by atoms with van der Waals surface area (Å²) in [6, 6.07) is 4.93. The van der Waals surface area contributed by atoms with Crippen LogP contribution in [0.4, 0.5) is 16.2 Å². The van der Waals surface area contributed by atoms with Crippen LogP contribution in [-0.4, -0.2) is 27.9 Å². The summed E-state index contributed by atoms with van der Waals surface area (Å²) in [6.45, 7) is 3.77. The van der Waals surface area contributed by atoms with Crippen LogP contribution < -0.4 is 15.4 Å². The average molecular weight is 329 g/mol. The van der Waals surface area contributed by atoms with Crippen LogP contribution in [0.1, 0.15) is 18.5 Å². The van der Waals surface area contributed by atoms with Crippen molar-refractivity contribution in [3.8, 4) is 5.88 Å². The van der Waals surface area contributed by atoms with E-state index in [0.29, 0.717) is 39.9 Å². The van der Waals surface area contributed by atoms with Gasteiger partial charge in [0.25, 0.3) is 0 Å². The van der Waals surface area contributed by atoms with E-state index in [0.717, 1.165) is 6.42 Å². The van der Waals surface area contributed by atoms with Gasteiger partial charge in [-0.1, -0.05) is 6.92 Å². The van der Waals surface area contributed by atoms with Crippen molar-refractivity contribution in [2.75, 3.05) is 17.7 Å². The Kier molecular flexibility index (Phi) is 4.11. The zero-order valence-corrected chi connectivity index (χ0v) is 14.0. The van der Waals surface area contributed by atoms with E-state index >= 15 is 0 Å². The quantitative estimate of drug-likeness (QED) is 0.767. The molecule has 2 amide bonds. The fourth-order valence-corrected chi connectivity index (χ4v) is 2.50. The Morgan fingerprint density at radius 3 is 2.88 bits per heavy atom. The predicted octanol–water partition coefficient (Wildman–Crippen LogP) is 3.08. The maximum atomic E-state index is 12.3. The molecule has 2 heterocycles. The van der Waals surface area contributed by atoms with Crippen molar-refractivity contribution < 1.29 is 13.9 Å². The van der Waals surface area contributed by atoms with Crippen LogP contribution in [0.3, 0.4) is 0 Å². The molecule has 8 heteroatoms. The smallest absolute Gasteiger partial charge is 0.323 e. The van der Waals surface area contributed by atoms with Crippen molar-refractivity contribution in [2.45, 2.75) is 20.3 Å². The van der Waals surface area contributed by atoms with Gasteiger partial charge in [0.05, 0.1) is 12.8 Å². The average Bonchev–Trinajstić information content (AvgIpc) is 3.07. The minimum absolute atomic E-state index is 0.386. The highest BCUT2D eigenvalue weighted by atomic mass is 16.5. The molecule has 0 atom stereocenters. The number of carbonyl (C=O) groups excluding carboxylic acids is 1. The number of hydrogen-bond acceptors (Lipinski definition) is 5. The Balaban J connectivity index is 1.77. The Hall–Kier alpha value is -3.03. The zero-order valence-electron chi connectivity index (χ0n) is 14.0. The van der Waals surface area contributed by atoms with Crippen molar-refractivity contribution in [1.82, 2.24) is 14.8 Å². The molecule has 0 bridgehead atoms. The lowest BCUT2D eigenvalue weighted by Crippen LogP contribution is -2.20. The molecule has 0 saturated carbocycles. The van der Waals surface area contributed by atoms with Crippen LogP contribution >= 0.6 is 0 Å². The molecule has 0 aliphatic heterocycles. The van der Waals surface area contributed by atoms with E-state index in [1.165, 1.54) is 7.11 Å². The first kappa shape index (κ1) is 15.9. The van der Waals surface area contributed by atoms with Gasteiger partial charge in [-0.3, -0.25) is 0 Å². The lowest BCUT2D eigenvalue weighted by atomic mass is 10.3. The molecule has 0 unspecified atom stereocenters. The van der Waals surface area contributed by atoms with Gasteiger partial charge in [0.15, 0.2) is 11.5 Å². The number of amides is 2. The third-order valence-corrected chi connectivity index (χ3v) is 3.59. The Morgan fingerprint density at radius 2 is 2.17 bits per heavy atom. The van der Waals surface area contributed by atoms with Gasteiger partial charge in [-0.25, -0.2) is 14.5 Å². The van der Waals surface area contributed by atoms with E-state index in [2.05, 4.69) is 20.7 Å². The number of aryl methyl sites for hydroxylation is 3. The number of aromatic nitrogens is 3. The molecule has 8 nitrogen and oxygen atoms in total. The van der Waals surface area contributed by atoms with Crippen LogP contribution in [0.5, 0.6) is 5.88 Å². The molecule has 24 heavy (non-hydrogen) atoms. The number of nitrogens with zero attached hydrogens (tertiary/aromatic N) is 3. The standard InChI is InChI=1S/C16H19N5O3/c1-5-13-18-11-8-10(6-7-12(11)24-13)17-16(22)19-14-9(2)20-21(3)15(14)23-4/h6-8H,5H2,1-4H3,(H2,17,19,22). The molecule has 0 radical (unpaired) electrons. The van der Waals surface area contributed by atoms with Crippen molar-refractivity contribution in [3.63, 3.8) is 0 Å². The highest BCUT2D eigenvalue weighted by Crippen LogP contribution is 2.27. The molecule has 126 valence electrons. The number of methoxy groups -OCH3 is 1. The van der Waals surface area contributed by atoms with Gasteiger partial charge in [0.2, 0.25) is 5.88 Å². The van der Waals surface area contributed by atoms with Gasteiger partial charge in [0, 0.05) is 19.2 Å². The molecule has 2 N–H and O–H groups in total. The van der Waals surface area contributed by atoms with Gasteiger partial charge in [-0.05, 0) is 25.1 Å². The number of nitrogens with one attached hydrogen (secondary N) is 2. The Bertz CT molecular complexity index is 897. The normalized spacial score (nSPS) is 10.8. The van der Waals surface area contributed by atoms with E-state index in [1.807, 2.05) is 6.92 Å². The summed E-state index contributed by atoms with van der Waals surface area (Å²) in [5.74, 6) is 1.16. The molecule has 0 aliphatic carbocycles. The Morgan fingerprint density at radius 1 is 1.38 bits per heavy atom. The van der Waals surface area contributed by atoms with Crippen LogP contribution in [0.15, 0.2) is 22.6 Å². The molecule has 2 aromatic heterocycles. The first-order valence-electron chi connectivity index (χ1n) is 7.57. The highest BCUT2D eigenvalue weighted by molar-refractivity contribution is 6.01. The van der Waals surface area contributed by atoms with Crippen molar-refractivity contribution in [2.24, 2.45) is 7.05 Å². The number of hydrogen-bond donors (Lipinski definition) is 2. The van der Waals surface area contributed by atoms with E-state index in [1.54, 1.807) is 36.9 Å². The summed E-state index contributed by atoms with van der Waals surface area (Å²) < 4.78 is 12.4. The summed E-state index contributed by atoms with van der Waals surface area (Å²) in [5, 5.41) is 9.76. The van der Waals surface area contributed by atoms with Crippen molar-refractivity contribution >= 4 is 28.5 Å². The SMILES string of the molecule is CCc1nc2cc(NC(=O)Nc3c(C)nn(C)c3OC)ccc2o1. The fraction of sp³-hybridized carbons (Fsp3) is 0.312. The van der Waals surface area contributed by atoms with Crippen LogP contribution in [0.2, 0.25) is 0 Å². The van der Waals surface area contributed by atoms with Crippen LogP contribution in [0, 0.1) is 6.92 Å². The molecular formula is C16H19N5O3. The lowest BCUT2D eigenvalue weighted by Gasteiger charge is -2.08. The fourth-order valence-electron chi connectivity index (χ4n) is 2.50. The lowest BCUT2D eigenvalue weighted by molar-refractivity contribution is 0.262. The number of ether oxygens (including phenoxy) is 1. The molecule has 3 rings (SSSR count). The van der Waals surface area contributed by atoms with Crippen LogP contribution in [-0.2, 0) is 13.5 Å². The van der Waals surface area contributed by atoms with Gasteiger partial charge in [-0.15, -0.1) is 0 Å². The van der Waals surface area contributed by atoms with Crippen LogP contribution in [0.25, 0.3) is 11.1 Å². The molecule has 0 saturated heterocycles. The van der Waals surface area contributed by atoms with E-state index < -0.39 is 0 Å². The second-order valence-corrected chi connectivity index (χ2v) is 5.32. The van der Waals surface area contributed by atoms with E-state index in [9.17, 15) is 4.79 Å². The molecular weight excluding hydrogens is 310 g/mol. The number of fused-ring (bicyclic) bond motifs is 1. The minimum atomic E-state index is -0.386. The maximum absolute atomic E-state index is 12.3. The molecule has 0 aliphatic rings. The zero-order chi connectivity index (χ0) is 17.3. The molecule has 0 spiro atoms. The topological polar surface area (TPSA) is 94.2 Å². The summed E-state index contributed by atoms with van der Waals surface area (Å²) in [5.41, 5.74) is 3.23. The maximum Gasteiger partial charge on any atom is 0.323 e.